The Balaban J connectivity index is 1.92. The van der Waals surface area contributed by atoms with E-state index in [0.717, 1.165) is 25.9 Å². The number of methoxy groups -OCH3 is 1. The van der Waals surface area contributed by atoms with Crippen LogP contribution in [-0.2, 0) is 11.3 Å². The van der Waals surface area contributed by atoms with E-state index in [-0.39, 0.29) is 23.5 Å². The average molecular weight is 280 g/mol. The van der Waals surface area contributed by atoms with E-state index >= 15 is 0 Å². The molecule has 0 aliphatic carbocycles. The van der Waals surface area contributed by atoms with Gasteiger partial charge in [0.25, 0.3) is 0 Å². The summed E-state index contributed by atoms with van der Waals surface area (Å²) in [5.41, 5.74) is 0.505. The molecule has 1 heterocycles. The minimum atomic E-state index is -0.372. The summed E-state index contributed by atoms with van der Waals surface area (Å²) in [7, 11) is 1.44. The first-order valence-corrected chi connectivity index (χ1v) is 6.97. The molecular weight excluding hydrogens is 259 g/mol. The number of nitrogens with one attached hydrogen (secondary N) is 1. The lowest BCUT2D eigenvalue weighted by Crippen LogP contribution is -2.43. The minimum absolute atomic E-state index is 0.0887. The van der Waals surface area contributed by atoms with Gasteiger partial charge < -0.3 is 15.0 Å². The van der Waals surface area contributed by atoms with Gasteiger partial charge >= 0.3 is 0 Å². The molecule has 0 bridgehead atoms. The van der Waals surface area contributed by atoms with Crippen LogP contribution in [0.25, 0.3) is 0 Å². The van der Waals surface area contributed by atoms with E-state index < -0.39 is 0 Å². The fourth-order valence-corrected chi connectivity index (χ4v) is 2.41. The molecule has 5 heteroatoms. The van der Waals surface area contributed by atoms with Crippen molar-refractivity contribution in [3.8, 4) is 5.75 Å². The molecule has 0 spiro atoms. The first-order chi connectivity index (χ1) is 9.63. The monoisotopic (exact) mass is 280 g/mol. The number of hydrogen-bond donors (Lipinski definition) is 1. The molecule has 110 valence electrons. The van der Waals surface area contributed by atoms with Crippen LogP contribution in [0.3, 0.4) is 0 Å². The van der Waals surface area contributed by atoms with Crippen LogP contribution < -0.4 is 10.1 Å². The van der Waals surface area contributed by atoms with Crippen LogP contribution in [0.15, 0.2) is 18.2 Å². The molecule has 4 nitrogen and oxygen atoms in total. The van der Waals surface area contributed by atoms with Crippen LogP contribution in [0, 0.1) is 5.82 Å². The summed E-state index contributed by atoms with van der Waals surface area (Å²) < 4.78 is 18.9. The van der Waals surface area contributed by atoms with Gasteiger partial charge in [0.1, 0.15) is 0 Å². The summed E-state index contributed by atoms with van der Waals surface area (Å²) in [6.07, 6.45) is 2.14. The molecule has 1 fully saturated rings. The van der Waals surface area contributed by atoms with Gasteiger partial charge in [0.15, 0.2) is 11.6 Å². The van der Waals surface area contributed by atoms with Crippen molar-refractivity contribution >= 4 is 5.91 Å². The second-order valence-electron chi connectivity index (χ2n) is 5.07. The van der Waals surface area contributed by atoms with Gasteiger partial charge in [-0.2, -0.15) is 0 Å². The Hall–Kier alpha value is -1.62. The first kappa shape index (κ1) is 14.8. The Kier molecular flexibility index (Phi) is 4.95. The Morgan fingerprint density at radius 3 is 2.80 bits per heavy atom. The standard InChI is InChI=1S/C15H21FN2O2/c1-11(15(19)18-8-3-4-9-18)17-10-12-6-5-7-13(20-2)14(12)16/h5-7,11,17H,3-4,8-10H2,1-2H3. The smallest absolute Gasteiger partial charge is 0.239 e. The Labute approximate surface area is 118 Å². The van der Waals surface area contributed by atoms with Crippen molar-refractivity contribution in [1.82, 2.24) is 10.2 Å². The van der Waals surface area contributed by atoms with E-state index in [1.54, 1.807) is 18.2 Å². The van der Waals surface area contributed by atoms with Crippen molar-refractivity contribution in [3.63, 3.8) is 0 Å². The molecule has 1 aromatic carbocycles. The maximum absolute atomic E-state index is 14.0. The fraction of sp³-hybridized carbons (Fsp3) is 0.533. The SMILES string of the molecule is COc1cccc(CNC(C)C(=O)N2CCCC2)c1F. The zero-order chi connectivity index (χ0) is 14.5. The molecule has 2 rings (SSSR count). The highest BCUT2D eigenvalue weighted by molar-refractivity contribution is 5.81. The number of likely N-dealkylation sites (tertiary alicyclic amines) is 1. The lowest BCUT2D eigenvalue weighted by Gasteiger charge is -2.21. The van der Waals surface area contributed by atoms with Crippen molar-refractivity contribution in [2.75, 3.05) is 20.2 Å². The average Bonchev–Trinajstić information content (AvgIpc) is 2.99. The molecule has 1 aliphatic heterocycles. The molecular formula is C15H21FN2O2. The second kappa shape index (κ2) is 6.70. The maximum atomic E-state index is 14.0. The van der Waals surface area contributed by atoms with E-state index in [2.05, 4.69) is 5.32 Å². The van der Waals surface area contributed by atoms with Gasteiger partial charge in [0.05, 0.1) is 13.2 Å². The third-order valence-electron chi connectivity index (χ3n) is 3.65. The Morgan fingerprint density at radius 2 is 2.15 bits per heavy atom. The number of amides is 1. The van der Waals surface area contributed by atoms with Gasteiger partial charge in [0.2, 0.25) is 5.91 Å². The van der Waals surface area contributed by atoms with Crippen LogP contribution in [0.1, 0.15) is 25.3 Å². The summed E-state index contributed by atoms with van der Waals surface area (Å²) in [4.78, 5) is 14.0. The molecule has 1 unspecified atom stereocenters. The zero-order valence-corrected chi connectivity index (χ0v) is 12.0. The van der Waals surface area contributed by atoms with Crippen LogP contribution >= 0.6 is 0 Å². The fourth-order valence-electron chi connectivity index (χ4n) is 2.41. The molecule has 20 heavy (non-hydrogen) atoms. The van der Waals surface area contributed by atoms with Crippen LogP contribution in [0.2, 0.25) is 0 Å². The van der Waals surface area contributed by atoms with Crippen molar-refractivity contribution < 1.29 is 13.9 Å². The number of ether oxygens (including phenoxy) is 1. The van der Waals surface area contributed by atoms with Crippen LogP contribution in [0.5, 0.6) is 5.75 Å². The summed E-state index contributed by atoms with van der Waals surface area (Å²) in [6, 6.07) is 4.71. The van der Waals surface area contributed by atoms with Crippen molar-refractivity contribution in [2.45, 2.75) is 32.4 Å². The predicted octanol–water partition coefficient (Wildman–Crippen LogP) is 1.93. The van der Waals surface area contributed by atoms with E-state index in [9.17, 15) is 9.18 Å². The number of rotatable bonds is 5. The van der Waals surface area contributed by atoms with E-state index in [0.29, 0.717) is 12.1 Å². The molecule has 0 aromatic heterocycles. The Bertz CT molecular complexity index is 473. The van der Waals surface area contributed by atoms with E-state index in [4.69, 9.17) is 4.74 Å². The molecule has 1 saturated heterocycles. The quantitative estimate of drug-likeness (QED) is 0.896. The summed E-state index contributed by atoms with van der Waals surface area (Å²) >= 11 is 0. The number of hydrogen-bond acceptors (Lipinski definition) is 3. The molecule has 1 aromatic rings. The molecule has 0 saturated carbocycles. The molecule has 1 N–H and O–H groups in total. The van der Waals surface area contributed by atoms with E-state index in [1.165, 1.54) is 7.11 Å². The second-order valence-corrected chi connectivity index (χ2v) is 5.07. The third-order valence-corrected chi connectivity index (χ3v) is 3.65. The van der Waals surface area contributed by atoms with Crippen molar-refractivity contribution in [1.29, 1.82) is 0 Å². The number of benzene rings is 1. The predicted molar refractivity (Wildman–Crippen MR) is 75.1 cm³/mol. The van der Waals surface area contributed by atoms with E-state index in [1.807, 2.05) is 11.8 Å². The summed E-state index contributed by atoms with van der Waals surface area (Å²) in [5, 5.41) is 3.08. The number of carbonyl (C=O) groups excluding carboxylic acids is 1. The molecule has 1 amide bonds. The van der Waals surface area contributed by atoms with Gasteiger partial charge in [-0.1, -0.05) is 12.1 Å². The third kappa shape index (κ3) is 3.28. The largest absolute Gasteiger partial charge is 0.494 e. The van der Waals surface area contributed by atoms with Gasteiger partial charge in [-0.05, 0) is 25.8 Å². The highest BCUT2D eigenvalue weighted by Gasteiger charge is 2.23. The lowest BCUT2D eigenvalue weighted by molar-refractivity contribution is -0.131. The molecule has 1 aliphatic rings. The van der Waals surface area contributed by atoms with Gasteiger partial charge in [-0.3, -0.25) is 4.79 Å². The van der Waals surface area contributed by atoms with Gasteiger partial charge in [0, 0.05) is 25.2 Å². The van der Waals surface area contributed by atoms with Gasteiger partial charge in [-0.25, -0.2) is 4.39 Å². The van der Waals surface area contributed by atoms with Crippen LogP contribution in [0.4, 0.5) is 4.39 Å². The first-order valence-electron chi connectivity index (χ1n) is 6.97. The highest BCUT2D eigenvalue weighted by atomic mass is 19.1. The minimum Gasteiger partial charge on any atom is -0.494 e. The number of carbonyl (C=O) groups is 1. The topological polar surface area (TPSA) is 41.6 Å². The van der Waals surface area contributed by atoms with Crippen LogP contribution in [-0.4, -0.2) is 37.0 Å². The molecule has 0 radical (unpaired) electrons. The van der Waals surface area contributed by atoms with Gasteiger partial charge in [-0.15, -0.1) is 0 Å². The van der Waals surface area contributed by atoms with Crippen molar-refractivity contribution in [3.05, 3.63) is 29.6 Å². The normalized spacial score (nSPS) is 16.2. The summed E-state index contributed by atoms with van der Waals surface area (Å²) in [5.74, 6) is -0.0584. The lowest BCUT2D eigenvalue weighted by atomic mass is 10.2. The zero-order valence-electron chi connectivity index (χ0n) is 12.0. The Morgan fingerprint density at radius 1 is 1.45 bits per heavy atom. The summed E-state index contributed by atoms with van der Waals surface area (Å²) in [6.45, 7) is 3.79. The number of nitrogens with zero attached hydrogens (tertiary/aromatic N) is 1. The highest BCUT2D eigenvalue weighted by Crippen LogP contribution is 2.20. The molecule has 1 atom stereocenters. The van der Waals surface area contributed by atoms with Crippen molar-refractivity contribution in [2.24, 2.45) is 0 Å². The number of halogens is 1. The maximum Gasteiger partial charge on any atom is 0.239 e.